The van der Waals surface area contributed by atoms with Crippen molar-refractivity contribution in [3.63, 3.8) is 0 Å². The molecule has 0 N–H and O–H groups in total. The number of hydrogen-bond acceptors (Lipinski definition) is 6. The largest absolute Gasteiger partial charge is 0.439 e. The van der Waals surface area contributed by atoms with E-state index >= 15 is 0 Å². The number of benzene rings is 1. The summed E-state index contributed by atoms with van der Waals surface area (Å²) >= 11 is 0. The van der Waals surface area contributed by atoms with E-state index in [2.05, 4.69) is 0 Å². The van der Waals surface area contributed by atoms with E-state index in [-0.39, 0.29) is 34.0 Å². The van der Waals surface area contributed by atoms with Crippen LogP contribution >= 0.6 is 0 Å². The molecule has 0 aliphatic rings. The van der Waals surface area contributed by atoms with Crippen LogP contribution in [0.1, 0.15) is 36.5 Å². The van der Waals surface area contributed by atoms with Gasteiger partial charge in [-0.2, -0.15) is 5.26 Å². The fraction of sp³-hybridized carbons (Fsp3) is 0.375. The van der Waals surface area contributed by atoms with Crippen LogP contribution in [0.4, 0.5) is 11.6 Å². The molecule has 2 rings (SSSR count). The molecule has 1 aromatic heterocycles. The van der Waals surface area contributed by atoms with E-state index in [1.807, 2.05) is 19.9 Å². The number of nitriles is 1. The van der Waals surface area contributed by atoms with Crippen molar-refractivity contribution in [3.05, 3.63) is 43.1 Å². The Balaban J connectivity index is 3.15. The molecule has 0 unspecified atom stereocenters. The normalized spacial score (nSPS) is 10.8. The molecule has 0 amide bonds. The van der Waals surface area contributed by atoms with Gasteiger partial charge in [-0.05, 0) is 12.8 Å². The zero-order valence-corrected chi connectivity index (χ0v) is 13.6. The van der Waals surface area contributed by atoms with Gasteiger partial charge in [0.2, 0.25) is 11.3 Å². The van der Waals surface area contributed by atoms with Crippen molar-refractivity contribution in [2.45, 2.75) is 26.7 Å². The highest BCUT2D eigenvalue weighted by atomic mass is 16.6. The molecular weight excluding hydrogens is 298 g/mol. The third-order valence-electron chi connectivity index (χ3n) is 3.74. The van der Waals surface area contributed by atoms with E-state index in [9.17, 15) is 20.2 Å². The number of nitro groups is 1. The Labute approximate surface area is 132 Å². The van der Waals surface area contributed by atoms with Gasteiger partial charge in [-0.25, -0.2) is 0 Å². The van der Waals surface area contributed by atoms with Gasteiger partial charge in [0.1, 0.15) is 11.7 Å². The molecule has 0 aliphatic heterocycles. The number of anilines is 1. The maximum Gasteiger partial charge on any atom is 0.273 e. The highest BCUT2D eigenvalue weighted by Crippen LogP contribution is 2.35. The van der Waals surface area contributed by atoms with Crippen molar-refractivity contribution in [3.8, 4) is 6.07 Å². The molecule has 23 heavy (non-hydrogen) atoms. The molecular formula is C16H17N3O4. The Morgan fingerprint density at radius 2 is 2.00 bits per heavy atom. The summed E-state index contributed by atoms with van der Waals surface area (Å²) in [7, 11) is 3.33. The number of hydrogen-bond donors (Lipinski definition) is 0. The molecule has 0 saturated heterocycles. The lowest BCUT2D eigenvalue weighted by molar-refractivity contribution is -0.385. The van der Waals surface area contributed by atoms with Gasteiger partial charge < -0.3 is 9.32 Å². The quantitative estimate of drug-likeness (QED) is 0.637. The van der Waals surface area contributed by atoms with Crippen LogP contribution < -0.4 is 10.3 Å². The monoisotopic (exact) mass is 315 g/mol. The first kappa shape index (κ1) is 16.5. The minimum absolute atomic E-state index is 0.0807. The molecule has 0 aliphatic carbocycles. The van der Waals surface area contributed by atoms with Crippen molar-refractivity contribution >= 4 is 22.5 Å². The second-order valence-corrected chi connectivity index (χ2v) is 5.84. The number of aryl methyl sites for hydroxylation is 1. The first-order valence-corrected chi connectivity index (χ1v) is 7.06. The van der Waals surface area contributed by atoms with Gasteiger partial charge in [-0.1, -0.05) is 13.8 Å². The average Bonchev–Trinajstić information content (AvgIpc) is 2.45. The molecule has 7 nitrogen and oxygen atoms in total. The van der Waals surface area contributed by atoms with Crippen LogP contribution in [0.2, 0.25) is 0 Å². The summed E-state index contributed by atoms with van der Waals surface area (Å²) in [6.07, 6.45) is 0. The van der Waals surface area contributed by atoms with Crippen LogP contribution in [0.15, 0.2) is 15.3 Å². The molecule has 0 radical (unpaired) electrons. The molecule has 0 atom stereocenters. The van der Waals surface area contributed by atoms with E-state index in [0.717, 1.165) is 0 Å². The van der Waals surface area contributed by atoms with E-state index in [1.165, 1.54) is 13.0 Å². The summed E-state index contributed by atoms with van der Waals surface area (Å²) in [4.78, 5) is 25.0. The van der Waals surface area contributed by atoms with Gasteiger partial charge in [0, 0.05) is 31.3 Å². The van der Waals surface area contributed by atoms with Gasteiger partial charge in [-0.3, -0.25) is 14.9 Å². The first-order valence-electron chi connectivity index (χ1n) is 7.06. The lowest BCUT2D eigenvalue weighted by Crippen LogP contribution is -2.18. The molecule has 120 valence electrons. The minimum atomic E-state index is -0.541. The summed E-state index contributed by atoms with van der Waals surface area (Å²) in [5.41, 5.74) is 0.249. The minimum Gasteiger partial charge on any atom is -0.439 e. The van der Waals surface area contributed by atoms with Crippen molar-refractivity contribution in [2.75, 3.05) is 19.0 Å². The van der Waals surface area contributed by atoms with Crippen LogP contribution in [0.3, 0.4) is 0 Å². The third-order valence-corrected chi connectivity index (χ3v) is 3.74. The van der Waals surface area contributed by atoms with Crippen molar-refractivity contribution in [2.24, 2.45) is 0 Å². The van der Waals surface area contributed by atoms with Gasteiger partial charge in [0.25, 0.3) is 5.69 Å². The standard InChI is InChI=1S/C16H17N3O4/c1-8(2)10-6-12(19(21)22)9(3)13-14(20)11(7-17)16(18(4)5)23-15(10)13/h6,8H,1-5H3. The number of nitro benzene ring substituents is 1. The Bertz CT molecular complexity index is 904. The summed E-state index contributed by atoms with van der Waals surface area (Å²) < 4.78 is 5.81. The lowest BCUT2D eigenvalue weighted by Gasteiger charge is -2.16. The predicted molar refractivity (Wildman–Crippen MR) is 87.0 cm³/mol. The topological polar surface area (TPSA) is 100 Å². The Kier molecular flexibility index (Phi) is 4.10. The Morgan fingerprint density at radius 3 is 2.43 bits per heavy atom. The van der Waals surface area contributed by atoms with Gasteiger partial charge in [0.15, 0.2) is 5.56 Å². The summed E-state index contributed by atoms with van der Waals surface area (Å²) in [6.45, 7) is 5.22. The number of fused-ring (bicyclic) bond motifs is 1. The smallest absolute Gasteiger partial charge is 0.273 e. The summed E-state index contributed by atoms with van der Waals surface area (Å²) in [5, 5.41) is 20.7. The van der Waals surface area contributed by atoms with Crippen molar-refractivity contribution in [1.29, 1.82) is 5.26 Å². The molecule has 0 saturated carbocycles. The van der Waals surface area contributed by atoms with Crippen molar-refractivity contribution < 1.29 is 9.34 Å². The SMILES string of the molecule is Cc1c([N+](=O)[O-])cc(C(C)C)c2oc(N(C)C)c(C#N)c(=O)c12. The predicted octanol–water partition coefficient (Wildman–Crippen LogP) is 3.07. The van der Waals surface area contributed by atoms with E-state index in [1.54, 1.807) is 19.0 Å². The highest BCUT2D eigenvalue weighted by Gasteiger charge is 2.25. The number of nitrogens with zero attached hydrogens (tertiary/aromatic N) is 3. The summed E-state index contributed by atoms with van der Waals surface area (Å²) in [6, 6.07) is 3.29. The van der Waals surface area contributed by atoms with E-state index in [0.29, 0.717) is 11.1 Å². The molecule has 0 spiro atoms. The van der Waals surface area contributed by atoms with Crippen molar-refractivity contribution in [1.82, 2.24) is 0 Å². The maximum absolute atomic E-state index is 12.7. The van der Waals surface area contributed by atoms with Gasteiger partial charge in [0.05, 0.1) is 10.3 Å². The molecule has 2 aromatic rings. The van der Waals surface area contributed by atoms with Gasteiger partial charge in [-0.15, -0.1) is 0 Å². The van der Waals surface area contributed by atoms with E-state index < -0.39 is 10.4 Å². The Morgan fingerprint density at radius 1 is 1.39 bits per heavy atom. The maximum atomic E-state index is 12.7. The molecule has 1 aromatic carbocycles. The van der Waals surface area contributed by atoms with Crippen LogP contribution in [-0.4, -0.2) is 19.0 Å². The van der Waals surface area contributed by atoms with Crippen LogP contribution in [0.25, 0.3) is 11.0 Å². The average molecular weight is 315 g/mol. The third kappa shape index (κ3) is 2.52. The van der Waals surface area contributed by atoms with Crippen LogP contribution in [0, 0.1) is 28.4 Å². The highest BCUT2D eigenvalue weighted by molar-refractivity contribution is 5.89. The summed E-state index contributed by atoms with van der Waals surface area (Å²) in [5.74, 6) is 0.0723. The zero-order valence-electron chi connectivity index (χ0n) is 13.6. The van der Waals surface area contributed by atoms with E-state index in [4.69, 9.17) is 4.42 Å². The fourth-order valence-electron chi connectivity index (χ4n) is 2.55. The van der Waals surface area contributed by atoms with Gasteiger partial charge >= 0.3 is 0 Å². The number of rotatable bonds is 3. The molecule has 0 fully saturated rings. The van der Waals surface area contributed by atoms with Crippen LogP contribution in [-0.2, 0) is 0 Å². The zero-order chi connectivity index (χ0) is 17.5. The molecule has 1 heterocycles. The first-order chi connectivity index (χ1) is 10.7. The Hall–Kier alpha value is -2.88. The molecule has 7 heteroatoms. The second-order valence-electron chi connectivity index (χ2n) is 5.84. The lowest BCUT2D eigenvalue weighted by atomic mass is 9.95. The molecule has 0 bridgehead atoms. The second kappa shape index (κ2) is 5.72. The fourth-order valence-corrected chi connectivity index (χ4v) is 2.55. The van der Waals surface area contributed by atoms with Crippen LogP contribution in [0.5, 0.6) is 0 Å².